The molecule has 0 atom stereocenters. The van der Waals surface area contributed by atoms with Crippen LogP contribution in [0.5, 0.6) is 0 Å². The van der Waals surface area contributed by atoms with Crippen molar-refractivity contribution in [2.45, 2.75) is 58.4 Å². The van der Waals surface area contributed by atoms with Gasteiger partial charge in [-0.2, -0.15) is 0 Å². The molecule has 4 rings (SSSR count). The third-order valence-corrected chi connectivity index (χ3v) is 6.95. The van der Waals surface area contributed by atoms with Crippen molar-refractivity contribution in [2.75, 3.05) is 19.6 Å². The lowest BCUT2D eigenvalue weighted by atomic mass is 9.94. The molecule has 1 N–H and O–H groups in total. The molecule has 28 heavy (non-hydrogen) atoms. The Kier molecular flexibility index (Phi) is 4.93. The van der Waals surface area contributed by atoms with Gasteiger partial charge in [-0.25, -0.2) is 4.79 Å². The van der Waals surface area contributed by atoms with Gasteiger partial charge in [-0.05, 0) is 19.4 Å². The molecule has 2 aliphatic rings. The minimum absolute atomic E-state index is 0.396. The highest BCUT2D eigenvalue weighted by molar-refractivity contribution is 7.18. The number of ether oxygens (including phenoxy) is 1. The summed E-state index contributed by atoms with van der Waals surface area (Å²) in [6.07, 6.45) is 2.92. The fourth-order valence-electron chi connectivity index (χ4n) is 4.26. The fourth-order valence-corrected chi connectivity index (χ4v) is 5.51. The minimum atomic E-state index is -1.44. The van der Waals surface area contributed by atoms with Crippen molar-refractivity contribution in [3.63, 3.8) is 0 Å². The first-order valence-corrected chi connectivity index (χ1v) is 10.5. The number of aliphatic carboxylic acids is 1. The average molecular weight is 407 g/mol. The summed E-state index contributed by atoms with van der Waals surface area (Å²) in [7, 11) is 0. The molecule has 0 spiro atoms. The smallest absolute Gasteiger partial charge is 0.332 e. The van der Waals surface area contributed by atoms with Crippen LogP contribution in [0.2, 0.25) is 0 Å². The van der Waals surface area contributed by atoms with E-state index in [1.165, 1.54) is 29.1 Å². The average Bonchev–Trinajstić information content (AvgIpc) is 3.25. The Labute approximate surface area is 165 Å². The van der Waals surface area contributed by atoms with E-state index >= 15 is 0 Å². The van der Waals surface area contributed by atoms with Crippen molar-refractivity contribution in [2.24, 2.45) is 0 Å². The molecule has 0 unspecified atom stereocenters. The Morgan fingerprint density at radius 3 is 2.64 bits per heavy atom. The molecule has 0 aromatic carbocycles. The van der Waals surface area contributed by atoms with Crippen LogP contribution in [0.25, 0.3) is 10.2 Å². The zero-order valence-electron chi connectivity index (χ0n) is 16.2. The lowest BCUT2D eigenvalue weighted by Crippen LogP contribution is -3.10. The van der Waals surface area contributed by atoms with E-state index in [0.717, 1.165) is 34.6 Å². The second-order valence-corrected chi connectivity index (χ2v) is 9.40. The molecule has 0 bridgehead atoms. The normalized spacial score (nSPS) is 19.2. The first-order valence-electron chi connectivity index (χ1n) is 9.72. The van der Waals surface area contributed by atoms with Gasteiger partial charge in [0.05, 0.1) is 56.3 Å². The van der Waals surface area contributed by atoms with Gasteiger partial charge < -0.3 is 19.5 Å². The number of aromatic nitrogens is 2. The standard InChI is InChI=1S/C19H25N3O5S/c1-19(2)9-12-13(11-27-19)28-17-15(12)16(25)22(10-14(23)24)18(26)21(17)8-7-20-5-3-4-6-20/h3-11H2,1-2H3,(H,23,24). The Morgan fingerprint density at radius 1 is 1.25 bits per heavy atom. The van der Waals surface area contributed by atoms with Crippen molar-refractivity contribution in [3.05, 3.63) is 31.3 Å². The monoisotopic (exact) mass is 407 g/mol. The van der Waals surface area contributed by atoms with E-state index in [0.29, 0.717) is 29.8 Å². The number of fused-ring (bicyclic) bond motifs is 3. The number of carbonyl (C=O) groups excluding carboxylic acids is 1. The molecule has 0 aliphatic carbocycles. The topological polar surface area (TPSA) is 97.8 Å². The summed E-state index contributed by atoms with van der Waals surface area (Å²) in [5.74, 6) is -1.44. The summed E-state index contributed by atoms with van der Waals surface area (Å²) in [6.45, 7) is 7.00. The number of hydrogen-bond acceptors (Lipinski definition) is 6. The molecule has 1 saturated heterocycles. The Bertz CT molecular complexity index is 1040. The largest absolute Gasteiger partial charge is 0.548 e. The Balaban J connectivity index is 1.88. The molecule has 8 nitrogen and oxygen atoms in total. The van der Waals surface area contributed by atoms with E-state index in [2.05, 4.69) is 0 Å². The van der Waals surface area contributed by atoms with Crippen LogP contribution in [0.1, 0.15) is 37.1 Å². The highest BCUT2D eigenvalue weighted by atomic mass is 32.1. The zero-order valence-corrected chi connectivity index (χ0v) is 17.0. The number of likely N-dealkylation sites (tertiary alicyclic amines) is 1. The van der Waals surface area contributed by atoms with Crippen molar-refractivity contribution in [1.82, 2.24) is 9.13 Å². The van der Waals surface area contributed by atoms with Crippen LogP contribution in [-0.4, -0.2) is 40.3 Å². The molecule has 0 amide bonds. The number of carbonyl (C=O) groups is 1. The lowest BCUT2D eigenvalue weighted by molar-refractivity contribution is -0.888. The van der Waals surface area contributed by atoms with E-state index in [1.54, 1.807) is 4.57 Å². The van der Waals surface area contributed by atoms with E-state index < -0.39 is 29.4 Å². The van der Waals surface area contributed by atoms with Gasteiger partial charge in [-0.3, -0.25) is 13.9 Å². The summed E-state index contributed by atoms with van der Waals surface area (Å²) in [5, 5.41) is 11.6. The molecule has 2 aliphatic heterocycles. The summed E-state index contributed by atoms with van der Waals surface area (Å²) < 4.78 is 8.27. The van der Waals surface area contributed by atoms with Gasteiger partial charge in [0.25, 0.3) is 5.56 Å². The van der Waals surface area contributed by atoms with E-state index in [-0.39, 0.29) is 0 Å². The number of carboxylic acid groups (broad SMARTS) is 1. The molecule has 0 radical (unpaired) electrons. The summed E-state index contributed by atoms with van der Waals surface area (Å²) >= 11 is 1.42. The number of quaternary nitrogens is 1. The van der Waals surface area contributed by atoms with Gasteiger partial charge in [-0.1, -0.05) is 0 Å². The lowest BCUT2D eigenvalue weighted by Gasteiger charge is -2.29. The Hall–Kier alpha value is -1.97. The molecule has 2 aromatic heterocycles. The highest BCUT2D eigenvalue weighted by Crippen LogP contribution is 2.37. The van der Waals surface area contributed by atoms with Gasteiger partial charge in [0, 0.05) is 24.1 Å². The summed E-state index contributed by atoms with van der Waals surface area (Å²) in [6, 6.07) is 0. The number of nitrogens with zero attached hydrogens (tertiary/aromatic N) is 2. The number of rotatable bonds is 5. The third kappa shape index (κ3) is 3.42. The van der Waals surface area contributed by atoms with Gasteiger partial charge in [-0.15, -0.1) is 11.3 Å². The van der Waals surface area contributed by atoms with E-state index in [4.69, 9.17) is 4.74 Å². The Morgan fingerprint density at radius 2 is 1.96 bits per heavy atom. The minimum Gasteiger partial charge on any atom is -0.548 e. The maximum atomic E-state index is 13.1. The second kappa shape index (κ2) is 7.13. The zero-order chi connectivity index (χ0) is 20.1. The predicted octanol–water partition coefficient (Wildman–Crippen LogP) is -1.50. The number of thiophene rings is 1. The van der Waals surface area contributed by atoms with Crippen molar-refractivity contribution in [3.8, 4) is 0 Å². The predicted molar refractivity (Wildman–Crippen MR) is 103 cm³/mol. The molecule has 9 heteroatoms. The van der Waals surface area contributed by atoms with Crippen LogP contribution >= 0.6 is 11.3 Å². The third-order valence-electron chi connectivity index (χ3n) is 5.72. The SMILES string of the molecule is CC1(C)Cc2c(sc3c2c(=O)n(CC(=O)[O-])c(=O)n3CC[NH+]2CCCC2)CO1. The maximum Gasteiger partial charge on any atom is 0.332 e. The van der Waals surface area contributed by atoms with Gasteiger partial charge in [0.15, 0.2) is 0 Å². The molecule has 2 aromatic rings. The molecule has 152 valence electrons. The van der Waals surface area contributed by atoms with E-state index in [1.807, 2.05) is 13.8 Å². The fraction of sp³-hybridized carbons (Fsp3) is 0.632. The van der Waals surface area contributed by atoms with Crippen LogP contribution in [0.4, 0.5) is 0 Å². The number of hydrogen-bond donors (Lipinski definition) is 1. The highest BCUT2D eigenvalue weighted by Gasteiger charge is 2.32. The van der Waals surface area contributed by atoms with Crippen molar-refractivity contribution >= 4 is 27.5 Å². The second-order valence-electron chi connectivity index (χ2n) is 8.31. The first-order chi connectivity index (χ1) is 13.3. The molecule has 0 saturated carbocycles. The van der Waals surface area contributed by atoms with Crippen molar-refractivity contribution < 1.29 is 19.5 Å². The number of nitrogens with one attached hydrogen (secondary N) is 1. The summed E-state index contributed by atoms with van der Waals surface area (Å²) in [4.78, 5) is 40.2. The van der Waals surface area contributed by atoms with Crippen LogP contribution < -0.4 is 21.3 Å². The summed E-state index contributed by atoms with van der Waals surface area (Å²) in [5.41, 5.74) is -0.633. The quantitative estimate of drug-likeness (QED) is 0.651. The van der Waals surface area contributed by atoms with Gasteiger partial charge >= 0.3 is 5.69 Å². The van der Waals surface area contributed by atoms with E-state index in [9.17, 15) is 19.5 Å². The van der Waals surface area contributed by atoms with Gasteiger partial charge in [0.2, 0.25) is 0 Å². The van der Waals surface area contributed by atoms with Crippen LogP contribution in [0.15, 0.2) is 9.59 Å². The molecular formula is C19H25N3O5S. The molecular weight excluding hydrogens is 382 g/mol. The van der Waals surface area contributed by atoms with Crippen LogP contribution in [-0.2, 0) is 35.6 Å². The molecule has 4 heterocycles. The number of carboxylic acids is 1. The maximum absolute atomic E-state index is 13.1. The van der Waals surface area contributed by atoms with Crippen LogP contribution in [0, 0.1) is 0 Å². The first kappa shape index (κ1) is 19.4. The molecule has 1 fully saturated rings. The van der Waals surface area contributed by atoms with Crippen LogP contribution in [0.3, 0.4) is 0 Å². The van der Waals surface area contributed by atoms with Gasteiger partial charge in [0.1, 0.15) is 4.83 Å². The van der Waals surface area contributed by atoms with Crippen molar-refractivity contribution in [1.29, 1.82) is 0 Å².